The van der Waals surface area contributed by atoms with Gasteiger partial charge < -0.3 is 14.7 Å². The Bertz CT molecular complexity index is 770. The van der Waals surface area contributed by atoms with Crippen molar-refractivity contribution in [1.82, 2.24) is 0 Å². The molecule has 0 radical (unpaired) electrons. The normalized spacial score (nSPS) is 16.3. The summed E-state index contributed by atoms with van der Waals surface area (Å²) in [5.41, 5.74) is 0.988. The van der Waals surface area contributed by atoms with Crippen molar-refractivity contribution in [2.45, 2.75) is 19.8 Å². The minimum Gasteiger partial charge on any atom is -0.481 e. The minimum atomic E-state index is -1.08. The zero-order chi connectivity index (χ0) is 18.7. The van der Waals surface area contributed by atoms with Gasteiger partial charge in [-0.3, -0.25) is 4.79 Å². The average molecular weight is 357 g/mol. The minimum absolute atomic E-state index is 0.327. The third-order valence-corrected chi connectivity index (χ3v) is 5.06. The van der Waals surface area contributed by atoms with Crippen molar-refractivity contribution in [3.05, 3.63) is 65.5 Å². The lowest BCUT2D eigenvalue weighted by molar-refractivity contribution is -0.147. The largest absolute Gasteiger partial charge is 0.481 e. The van der Waals surface area contributed by atoms with Crippen LogP contribution in [0.15, 0.2) is 48.5 Å². The van der Waals surface area contributed by atoms with Crippen LogP contribution in [-0.4, -0.2) is 37.4 Å². The summed E-state index contributed by atoms with van der Waals surface area (Å²) in [7, 11) is 0. The summed E-state index contributed by atoms with van der Waals surface area (Å²) in [6.45, 7) is 5.83. The highest BCUT2D eigenvalue weighted by Crippen LogP contribution is 2.42. The first kappa shape index (κ1) is 18.4. The second kappa shape index (κ2) is 7.46. The van der Waals surface area contributed by atoms with Gasteiger partial charge in [-0.05, 0) is 37.1 Å². The van der Waals surface area contributed by atoms with Crippen LogP contribution in [0.1, 0.15) is 30.9 Å². The zero-order valence-corrected chi connectivity index (χ0v) is 15.1. The molecule has 2 aromatic carbocycles. The molecule has 26 heavy (non-hydrogen) atoms. The summed E-state index contributed by atoms with van der Waals surface area (Å²) in [6.07, 6.45) is 0. The number of morpholine rings is 1. The Hall–Kier alpha value is -2.40. The predicted octanol–water partition coefficient (Wildman–Crippen LogP) is 3.91. The van der Waals surface area contributed by atoms with Gasteiger partial charge in [0.05, 0.1) is 24.3 Å². The lowest BCUT2D eigenvalue weighted by atomic mass is 9.71. The van der Waals surface area contributed by atoms with Gasteiger partial charge >= 0.3 is 5.97 Å². The van der Waals surface area contributed by atoms with E-state index in [1.165, 1.54) is 6.07 Å². The molecule has 0 bridgehead atoms. The number of anilines is 1. The van der Waals surface area contributed by atoms with Crippen LogP contribution in [0.25, 0.3) is 0 Å². The molecule has 0 aromatic heterocycles. The van der Waals surface area contributed by atoms with Crippen LogP contribution in [0.5, 0.6) is 0 Å². The molecule has 1 aliphatic heterocycles. The van der Waals surface area contributed by atoms with Crippen LogP contribution in [0.3, 0.4) is 0 Å². The van der Waals surface area contributed by atoms with Gasteiger partial charge in [-0.15, -0.1) is 0 Å². The van der Waals surface area contributed by atoms with E-state index in [2.05, 4.69) is 0 Å². The quantitative estimate of drug-likeness (QED) is 0.882. The average Bonchev–Trinajstić information content (AvgIpc) is 2.63. The van der Waals surface area contributed by atoms with E-state index in [9.17, 15) is 14.3 Å². The maximum Gasteiger partial charge on any atom is 0.310 e. The highest BCUT2D eigenvalue weighted by Gasteiger charge is 2.39. The topological polar surface area (TPSA) is 49.8 Å². The van der Waals surface area contributed by atoms with Gasteiger partial charge in [0.1, 0.15) is 5.82 Å². The van der Waals surface area contributed by atoms with Crippen LogP contribution >= 0.6 is 0 Å². The molecule has 1 saturated heterocycles. The molecule has 5 heteroatoms. The highest BCUT2D eigenvalue weighted by atomic mass is 19.1. The molecule has 3 rings (SSSR count). The van der Waals surface area contributed by atoms with Crippen molar-refractivity contribution in [2.24, 2.45) is 5.41 Å². The number of ether oxygens (including phenoxy) is 1. The summed E-state index contributed by atoms with van der Waals surface area (Å²) in [5, 5.41) is 9.75. The lowest BCUT2D eigenvalue weighted by Gasteiger charge is -2.33. The fraction of sp³-hybridized carbons (Fsp3) is 0.381. The first-order chi connectivity index (χ1) is 12.4. The number of hydrogen-bond donors (Lipinski definition) is 1. The summed E-state index contributed by atoms with van der Waals surface area (Å²) >= 11 is 0. The van der Waals surface area contributed by atoms with Crippen molar-refractivity contribution in [3.8, 4) is 0 Å². The number of halogens is 1. The van der Waals surface area contributed by atoms with E-state index < -0.39 is 17.3 Å². The van der Waals surface area contributed by atoms with E-state index in [-0.39, 0.29) is 5.82 Å². The Balaban J connectivity index is 2.02. The van der Waals surface area contributed by atoms with Gasteiger partial charge in [-0.2, -0.15) is 0 Å². The molecule has 1 heterocycles. The Kier molecular flexibility index (Phi) is 5.28. The molecular weight excluding hydrogens is 333 g/mol. The Morgan fingerprint density at radius 1 is 1.12 bits per heavy atom. The van der Waals surface area contributed by atoms with Gasteiger partial charge in [-0.25, -0.2) is 4.39 Å². The molecule has 138 valence electrons. The molecule has 0 amide bonds. The number of hydrogen-bond acceptors (Lipinski definition) is 3. The second-order valence-electron chi connectivity index (χ2n) is 7.18. The van der Waals surface area contributed by atoms with E-state index in [4.69, 9.17) is 4.74 Å². The molecule has 1 atom stereocenters. The van der Waals surface area contributed by atoms with Crippen molar-refractivity contribution >= 4 is 11.7 Å². The first-order valence-electron chi connectivity index (χ1n) is 8.81. The smallest absolute Gasteiger partial charge is 0.310 e. The molecule has 2 aromatic rings. The predicted molar refractivity (Wildman–Crippen MR) is 99.1 cm³/mol. The van der Waals surface area contributed by atoms with Crippen LogP contribution in [0, 0.1) is 11.2 Å². The lowest BCUT2D eigenvalue weighted by Crippen LogP contribution is -2.37. The molecule has 0 spiro atoms. The molecule has 1 fully saturated rings. The van der Waals surface area contributed by atoms with Crippen LogP contribution < -0.4 is 4.90 Å². The van der Waals surface area contributed by atoms with Gasteiger partial charge in [0.15, 0.2) is 0 Å². The number of rotatable bonds is 5. The third kappa shape index (κ3) is 3.58. The van der Waals surface area contributed by atoms with Crippen molar-refractivity contribution in [1.29, 1.82) is 0 Å². The van der Waals surface area contributed by atoms with Gasteiger partial charge in [0.2, 0.25) is 0 Å². The van der Waals surface area contributed by atoms with Gasteiger partial charge in [-0.1, -0.05) is 36.4 Å². The number of aliphatic carboxylic acids is 1. The van der Waals surface area contributed by atoms with Crippen molar-refractivity contribution < 1.29 is 19.0 Å². The Morgan fingerprint density at radius 2 is 1.77 bits per heavy atom. The Morgan fingerprint density at radius 3 is 2.35 bits per heavy atom. The number of benzene rings is 2. The van der Waals surface area contributed by atoms with Crippen molar-refractivity contribution in [3.63, 3.8) is 0 Å². The molecular formula is C21H24FNO3. The monoisotopic (exact) mass is 357 g/mol. The van der Waals surface area contributed by atoms with Crippen LogP contribution in [-0.2, 0) is 9.53 Å². The van der Waals surface area contributed by atoms with Crippen LogP contribution in [0.2, 0.25) is 0 Å². The fourth-order valence-corrected chi connectivity index (χ4v) is 3.56. The molecule has 4 nitrogen and oxygen atoms in total. The highest BCUT2D eigenvalue weighted by molar-refractivity contribution is 5.76. The molecule has 0 saturated carbocycles. The van der Waals surface area contributed by atoms with Crippen LogP contribution in [0.4, 0.5) is 10.1 Å². The SMILES string of the molecule is CC(C)(C(=O)O)C(c1ccccc1)c1ccc(N2CCOCC2)c(F)c1. The van der Waals surface area contributed by atoms with E-state index in [1.807, 2.05) is 41.3 Å². The van der Waals surface area contributed by atoms with Gasteiger partial charge in [0.25, 0.3) is 0 Å². The van der Waals surface area contributed by atoms with E-state index >= 15 is 0 Å². The third-order valence-electron chi connectivity index (χ3n) is 5.06. The molecule has 1 N–H and O–H groups in total. The standard InChI is InChI=1S/C21H24FNO3/c1-21(2,20(24)25)19(15-6-4-3-5-7-15)16-8-9-18(17(22)14-16)23-10-12-26-13-11-23/h3-9,14,19H,10-13H2,1-2H3,(H,24,25). The maximum absolute atomic E-state index is 14.9. The first-order valence-corrected chi connectivity index (χ1v) is 8.81. The fourth-order valence-electron chi connectivity index (χ4n) is 3.56. The van der Waals surface area contributed by atoms with E-state index in [1.54, 1.807) is 19.9 Å². The number of nitrogens with zero attached hydrogens (tertiary/aromatic N) is 1. The van der Waals surface area contributed by atoms with E-state index in [0.29, 0.717) is 37.6 Å². The number of carboxylic acid groups (broad SMARTS) is 1. The number of carboxylic acids is 1. The summed E-state index contributed by atoms with van der Waals surface area (Å²) in [4.78, 5) is 13.9. The van der Waals surface area contributed by atoms with E-state index in [0.717, 1.165) is 5.56 Å². The summed E-state index contributed by atoms with van der Waals surface area (Å²) in [6, 6.07) is 14.5. The molecule has 1 unspecified atom stereocenters. The maximum atomic E-state index is 14.9. The summed E-state index contributed by atoms with van der Waals surface area (Å²) < 4.78 is 20.2. The zero-order valence-electron chi connectivity index (χ0n) is 15.1. The summed E-state index contributed by atoms with van der Waals surface area (Å²) in [5.74, 6) is -1.69. The molecule has 0 aliphatic carbocycles. The number of carbonyl (C=O) groups is 1. The van der Waals surface area contributed by atoms with Crippen molar-refractivity contribution in [2.75, 3.05) is 31.2 Å². The molecule has 1 aliphatic rings. The Labute approximate surface area is 153 Å². The van der Waals surface area contributed by atoms with Gasteiger partial charge in [0, 0.05) is 19.0 Å². The second-order valence-corrected chi connectivity index (χ2v) is 7.18.